The molecule has 0 fully saturated rings. The molecule has 0 aromatic heterocycles. The first-order valence-electron chi connectivity index (χ1n) is 8.78. The molecule has 2 aromatic rings. The quantitative estimate of drug-likeness (QED) is 0.512. The van der Waals surface area contributed by atoms with E-state index in [1.165, 1.54) is 11.8 Å². The zero-order valence-electron chi connectivity index (χ0n) is 15.9. The summed E-state index contributed by atoms with van der Waals surface area (Å²) >= 11 is 4.75. The molecular weight excluding hydrogens is 482 g/mol. The van der Waals surface area contributed by atoms with Crippen LogP contribution in [0.3, 0.4) is 0 Å². The fraction of sp³-hybridized carbons (Fsp3) is 0.250. The van der Waals surface area contributed by atoms with Gasteiger partial charge in [0.25, 0.3) is 11.8 Å². The first-order valence-corrected chi connectivity index (χ1v) is 11.0. The van der Waals surface area contributed by atoms with Gasteiger partial charge >= 0.3 is 5.97 Å². The van der Waals surface area contributed by atoms with Gasteiger partial charge in [0.2, 0.25) is 0 Å². The summed E-state index contributed by atoms with van der Waals surface area (Å²) < 4.78 is 32.7. The maximum atomic E-state index is 13.6. The highest BCUT2D eigenvalue weighted by Crippen LogP contribution is 2.18. The van der Waals surface area contributed by atoms with Crippen LogP contribution in [-0.4, -0.2) is 42.4 Å². The van der Waals surface area contributed by atoms with Crippen molar-refractivity contribution in [3.05, 3.63) is 64.1 Å². The summed E-state index contributed by atoms with van der Waals surface area (Å²) in [6.07, 6.45) is 2.12. The molecule has 10 heteroatoms. The molecule has 2 amide bonds. The standard InChI is InChI=1S/C20H19BrF2N2O4S/c1-30-10-9-16(24-19(27)12-5-2-3-6-13(12)21)20(28)29-11-17(26)25-18-14(22)7-4-8-15(18)23/h2-8,16H,9-11H2,1H3,(H,24,27)(H,25,26). The van der Waals surface area contributed by atoms with Crippen LogP contribution < -0.4 is 10.6 Å². The Kier molecular flexibility index (Phi) is 9.25. The van der Waals surface area contributed by atoms with Crippen LogP contribution in [0.5, 0.6) is 0 Å². The van der Waals surface area contributed by atoms with E-state index in [-0.39, 0.29) is 6.42 Å². The lowest BCUT2D eigenvalue weighted by atomic mass is 10.1. The average Bonchev–Trinajstić information content (AvgIpc) is 2.72. The number of carbonyl (C=O) groups is 3. The number of hydrogen-bond donors (Lipinski definition) is 2. The monoisotopic (exact) mass is 500 g/mol. The Morgan fingerprint density at radius 3 is 2.40 bits per heavy atom. The molecule has 1 unspecified atom stereocenters. The van der Waals surface area contributed by atoms with Crippen molar-refractivity contribution in [2.75, 3.05) is 23.9 Å². The molecule has 0 aliphatic heterocycles. The average molecular weight is 501 g/mol. The van der Waals surface area contributed by atoms with Crippen molar-refractivity contribution in [3.8, 4) is 0 Å². The van der Waals surface area contributed by atoms with E-state index >= 15 is 0 Å². The molecule has 6 nitrogen and oxygen atoms in total. The van der Waals surface area contributed by atoms with Crippen LogP contribution in [0.2, 0.25) is 0 Å². The number of benzene rings is 2. The molecule has 0 saturated heterocycles. The van der Waals surface area contributed by atoms with Gasteiger partial charge in [0, 0.05) is 4.47 Å². The van der Waals surface area contributed by atoms with Crippen molar-refractivity contribution < 1.29 is 27.9 Å². The maximum absolute atomic E-state index is 13.6. The number of rotatable bonds is 9. The van der Waals surface area contributed by atoms with E-state index in [1.807, 2.05) is 11.6 Å². The number of esters is 1. The van der Waals surface area contributed by atoms with Crippen molar-refractivity contribution in [1.82, 2.24) is 5.32 Å². The van der Waals surface area contributed by atoms with Crippen molar-refractivity contribution in [2.24, 2.45) is 0 Å². The molecule has 0 saturated carbocycles. The maximum Gasteiger partial charge on any atom is 0.329 e. The molecule has 2 rings (SSSR count). The van der Waals surface area contributed by atoms with E-state index in [9.17, 15) is 23.2 Å². The van der Waals surface area contributed by atoms with Gasteiger partial charge in [-0.2, -0.15) is 11.8 Å². The second kappa shape index (κ2) is 11.7. The Morgan fingerprint density at radius 2 is 1.77 bits per heavy atom. The summed E-state index contributed by atoms with van der Waals surface area (Å²) in [6.45, 7) is -0.757. The third-order valence-corrected chi connectivity index (χ3v) is 5.23. The van der Waals surface area contributed by atoms with Crippen LogP contribution in [0, 0.1) is 11.6 Å². The van der Waals surface area contributed by atoms with Crippen molar-refractivity contribution in [2.45, 2.75) is 12.5 Å². The van der Waals surface area contributed by atoms with Crippen LogP contribution in [-0.2, 0) is 14.3 Å². The number of ether oxygens (including phenoxy) is 1. The van der Waals surface area contributed by atoms with Gasteiger partial charge in [-0.15, -0.1) is 0 Å². The molecule has 0 radical (unpaired) electrons. The number of amides is 2. The first-order chi connectivity index (χ1) is 14.3. The number of hydrogen-bond acceptors (Lipinski definition) is 5. The van der Waals surface area contributed by atoms with Gasteiger partial charge in [0.1, 0.15) is 23.4 Å². The summed E-state index contributed by atoms with van der Waals surface area (Å²) in [5.74, 6) is -3.56. The van der Waals surface area contributed by atoms with E-state index in [0.717, 1.165) is 18.2 Å². The van der Waals surface area contributed by atoms with Crippen molar-refractivity contribution >= 4 is 51.2 Å². The molecule has 0 heterocycles. The highest BCUT2D eigenvalue weighted by molar-refractivity contribution is 9.10. The summed E-state index contributed by atoms with van der Waals surface area (Å²) in [7, 11) is 0. The summed E-state index contributed by atoms with van der Waals surface area (Å²) in [5, 5.41) is 4.62. The van der Waals surface area contributed by atoms with Crippen LogP contribution in [0.4, 0.5) is 14.5 Å². The highest BCUT2D eigenvalue weighted by atomic mass is 79.9. The number of nitrogens with one attached hydrogen (secondary N) is 2. The largest absolute Gasteiger partial charge is 0.454 e. The predicted molar refractivity (Wildman–Crippen MR) is 114 cm³/mol. The number of halogens is 3. The Hall–Kier alpha value is -2.46. The highest BCUT2D eigenvalue weighted by Gasteiger charge is 2.24. The fourth-order valence-corrected chi connectivity index (χ4v) is 3.33. The summed E-state index contributed by atoms with van der Waals surface area (Å²) in [4.78, 5) is 36.8. The fourth-order valence-electron chi connectivity index (χ4n) is 2.40. The van der Waals surface area contributed by atoms with E-state index in [1.54, 1.807) is 24.3 Å². The van der Waals surface area contributed by atoms with Gasteiger partial charge in [0.05, 0.1) is 5.56 Å². The van der Waals surface area contributed by atoms with E-state index in [2.05, 4.69) is 21.2 Å². The molecular formula is C20H19BrF2N2O4S. The first kappa shape index (κ1) is 23.8. The van der Waals surface area contributed by atoms with Crippen LogP contribution in [0.25, 0.3) is 0 Å². The minimum atomic E-state index is -0.991. The molecule has 0 aliphatic rings. The van der Waals surface area contributed by atoms with E-state index in [0.29, 0.717) is 15.8 Å². The van der Waals surface area contributed by atoms with Gasteiger partial charge < -0.3 is 15.4 Å². The minimum Gasteiger partial charge on any atom is -0.454 e. The van der Waals surface area contributed by atoms with Gasteiger partial charge in [-0.1, -0.05) is 18.2 Å². The zero-order chi connectivity index (χ0) is 22.1. The molecule has 1 atom stereocenters. The molecule has 0 spiro atoms. The SMILES string of the molecule is CSCCC(NC(=O)c1ccccc1Br)C(=O)OCC(=O)Nc1c(F)cccc1F. The van der Waals surface area contributed by atoms with Crippen LogP contribution >= 0.6 is 27.7 Å². The third-order valence-electron chi connectivity index (χ3n) is 3.89. The third kappa shape index (κ3) is 6.81. The normalized spacial score (nSPS) is 11.5. The molecule has 30 heavy (non-hydrogen) atoms. The molecule has 0 bridgehead atoms. The second-order valence-electron chi connectivity index (χ2n) is 6.04. The molecule has 2 N–H and O–H groups in total. The lowest BCUT2D eigenvalue weighted by Gasteiger charge is -2.18. The Morgan fingerprint density at radius 1 is 1.10 bits per heavy atom. The molecule has 0 aliphatic carbocycles. The lowest BCUT2D eigenvalue weighted by Crippen LogP contribution is -2.43. The number of anilines is 1. The van der Waals surface area contributed by atoms with Gasteiger partial charge in [0.15, 0.2) is 6.61 Å². The lowest BCUT2D eigenvalue weighted by molar-refractivity contribution is -0.149. The molecule has 160 valence electrons. The Bertz CT molecular complexity index is 909. The second-order valence-corrected chi connectivity index (χ2v) is 7.88. The van der Waals surface area contributed by atoms with Gasteiger partial charge in [-0.05, 0) is 58.6 Å². The topological polar surface area (TPSA) is 84.5 Å². The predicted octanol–water partition coefficient (Wildman–Crippen LogP) is 3.76. The van der Waals surface area contributed by atoms with Crippen LogP contribution in [0.15, 0.2) is 46.9 Å². The van der Waals surface area contributed by atoms with Crippen LogP contribution in [0.1, 0.15) is 16.8 Å². The van der Waals surface area contributed by atoms with Crippen molar-refractivity contribution in [1.29, 1.82) is 0 Å². The van der Waals surface area contributed by atoms with Crippen molar-refractivity contribution in [3.63, 3.8) is 0 Å². The Balaban J connectivity index is 1.98. The summed E-state index contributed by atoms with van der Waals surface area (Å²) in [6, 6.07) is 8.85. The Labute approximate surface area is 184 Å². The van der Waals surface area contributed by atoms with Gasteiger partial charge in [-0.25, -0.2) is 13.6 Å². The van der Waals surface area contributed by atoms with E-state index in [4.69, 9.17) is 4.74 Å². The zero-order valence-corrected chi connectivity index (χ0v) is 18.3. The number of carbonyl (C=O) groups excluding carboxylic acids is 3. The van der Waals surface area contributed by atoms with Gasteiger partial charge in [-0.3, -0.25) is 9.59 Å². The number of thioether (sulfide) groups is 1. The summed E-state index contributed by atoms with van der Waals surface area (Å²) in [5.41, 5.74) is -0.285. The minimum absolute atomic E-state index is 0.278. The van der Waals surface area contributed by atoms with E-state index < -0.39 is 47.8 Å². The number of para-hydroxylation sites is 1. The molecule has 2 aromatic carbocycles. The smallest absolute Gasteiger partial charge is 0.329 e.